The van der Waals surface area contributed by atoms with Crippen LogP contribution in [0.1, 0.15) is 69.4 Å². The number of amides is 1. The van der Waals surface area contributed by atoms with Crippen molar-refractivity contribution in [2.75, 3.05) is 31.5 Å². The van der Waals surface area contributed by atoms with Gasteiger partial charge >= 0.3 is 0 Å². The SMILES string of the molecule is CC[N+]1(CC(=O)Nc2c(C)cccc2C)CCCC(C(=O)CC2CCCCC2)C1. The topological polar surface area (TPSA) is 46.2 Å². The minimum Gasteiger partial charge on any atom is -0.321 e. The van der Waals surface area contributed by atoms with Gasteiger partial charge in [-0.2, -0.15) is 0 Å². The van der Waals surface area contributed by atoms with E-state index in [4.69, 9.17) is 0 Å². The average molecular weight is 400 g/mol. The molecule has 4 nitrogen and oxygen atoms in total. The number of likely N-dealkylation sites (N-methyl/N-ethyl adjacent to an activating group) is 1. The lowest BCUT2D eigenvalue weighted by Crippen LogP contribution is -2.58. The number of ketones is 1. The molecule has 0 aromatic heterocycles. The van der Waals surface area contributed by atoms with Gasteiger partial charge in [-0.15, -0.1) is 0 Å². The number of likely N-dealkylation sites (tertiary alicyclic amines) is 1. The fourth-order valence-electron chi connectivity index (χ4n) is 5.47. The highest BCUT2D eigenvalue weighted by molar-refractivity contribution is 5.93. The number of nitrogens with zero attached hydrogens (tertiary/aromatic N) is 1. The molecular formula is C25H39N2O2+. The molecule has 1 aliphatic heterocycles. The lowest BCUT2D eigenvalue weighted by molar-refractivity contribution is -0.925. The van der Waals surface area contributed by atoms with E-state index in [0.717, 1.165) is 60.2 Å². The number of quaternary nitrogens is 1. The summed E-state index contributed by atoms with van der Waals surface area (Å²) in [6.07, 6.45) is 9.18. The number of carbonyl (C=O) groups is 2. The van der Waals surface area contributed by atoms with Crippen LogP contribution in [0.5, 0.6) is 0 Å². The van der Waals surface area contributed by atoms with Gasteiger partial charge in [0.15, 0.2) is 6.54 Å². The Morgan fingerprint density at radius 2 is 1.72 bits per heavy atom. The van der Waals surface area contributed by atoms with Crippen molar-refractivity contribution in [3.8, 4) is 0 Å². The Kier molecular flexibility index (Phi) is 7.50. The molecule has 2 aliphatic rings. The van der Waals surface area contributed by atoms with Gasteiger partial charge in [0, 0.05) is 12.1 Å². The molecule has 160 valence electrons. The van der Waals surface area contributed by atoms with Gasteiger partial charge in [-0.1, -0.05) is 50.3 Å². The zero-order valence-electron chi connectivity index (χ0n) is 18.6. The van der Waals surface area contributed by atoms with E-state index in [-0.39, 0.29) is 11.8 Å². The van der Waals surface area contributed by atoms with Gasteiger partial charge in [-0.25, -0.2) is 0 Å². The largest absolute Gasteiger partial charge is 0.321 e. The maximum atomic E-state index is 13.0. The Bertz CT molecular complexity index is 703. The van der Waals surface area contributed by atoms with E-state index in [1.165, 1.54) is 32.1 Å². The first kappa shape index (κ1) is 22.0. The van der Waals surface area contributed by atoms with Crippen LogP contribution in [0.25, 0.3) is 0 Å². The molecule has 1 aromatic carbocycles. The molecule has 1 amide bonds. The van der Waals surface area contributed by atoms with Crippen molar-refractivity contribution in [1.82, 2.24) is 0 Å². The zero-order valence-corrected chi connectivity index (χ0v) is 18.6. The van der Waals surface area contributed by atoms with Crippen molar-refractivity contribution in [3.05, 3.63) is 29.3 Å². The fourth-order valence-corrected chi connectivity index (χ4v) is 5.47. The molecule has 1 N–H and O–H groups in total. The first-order valence-electron chi connectivity index (χ1n) is 11.7. The highest BCUT2D eigenvalue weighted by Crippen LogP contribution is 2.31. The smallest absolute Gasteiger partial charge is 0.279 e. The number of benzene rings is 1. The molecule has 0 radical (unpaired) electrons. The summed E-state index contributed by atoms with van der Waals surface area (Å²) in [7, 11) is 0. The van der Waals surface area contributed by atoms with Gasteiger partial charge in [0.25, 0.3) is 5.91 Å². The quantitative estimate of drug-likeness (QED) is 0.654. The van der Waals surface area contributed by atoms with Crippen LogP contribution in [0.4, 0.5) is 5.69 Å². The van der Waals surface area contributed by atoms with Crippen LogP contribution in [-0.4, -0.2) is 42.4 Å². The van der Waals surface area contributed by atoms with Crippen LogP contribution < -0.4 is 5.32 Å². The van der Waals surface area contributed by atoms with Gasteiger partial charge in [-0.3, -0.25) is 9.59 Å². The first-order valence-corrected chi connectivity index (χ1v) is 11.7. The van der Waals surface area contributed by atoms with Gasteiger partial charge in [0.2, 0.25) is 0 Å². The van der Waals surface area contributed by atoms with Crippen LogP contribution in [0.15, 0.2) is 18.2 Å². The number of anilines is 1. The molecule has 1 saturated heterocycles. The third-order valence-corrected chi connectivity index (χ3v) is 7.36. The number of rotatable bonds is 7. The summed E-state index contributed by atoms with van der Waals surface area (Å²) in [5, 5.41) is 3.16. The lowest BCUT2D eigenvalue weighted by Gasteiger charge is -2.43. The molecule has 0 spiro atoms. The zero-order chi connectivity index (χ0) is 20.9. The summed E-state index contributed by atoms with van der Waals surface area (Å²) in [5.41, 5.74) is 3.13. The Morgan fingerprint density at radius 1 is 1.03 bits per heavy atom. The number of aryl methyl sites for hydroxylation is 2. The standard InChI is InChI=1S/C25H38N2O2/c1-4-27(18-24(29)26-25-19(2)10-8-11-20(25)3)15-9-14-22(17-27)23(28)16-21-12-6-5-7-13-21/h8,10-11,21-22H,4-7,9,12-18H2,1-3H3/p+1. The van der Waals surface area contributed by atoms with Gasteiger partial charge in [0.1, 0.15) is 5.78 Å². The Morgan fingerprint density at radius 3 is 2.38 bits per heavy atom. The van der Waals surface area contributed by atoms with E-state index in [9.17, 15) is 9.59 Å². The van der Waals surface area contributed by atoms with Crippen molar-refractivity contribution in [1.29, 1.82) is 0 Å². The van der Waals surface area contributed by atoms with Crippen LogP contribution >= 0.6 is 0 Å². The molecule has 0 bridgehead atoms. The number of para-hydroxylation sites is 1. The number of carbonyl (C=O) groups excluding carboxylic acids is 2. The lowest BCUT2D eigenvalue weighted by atomic mass is 9.81. The molecule has 29 heavy (non-hydrogen) atoms. The van der Waals surface area contributed by atoms with Crippen molar-refractivity contribution in [3.63, 3.8) is 0 Å². The summed E-state index contributed by atoms with van der Waals surface area (Å²) in [5.74, 6) is 1.28. The molecular weight excluding hydrogens is 360 g/mol. The van der Waals surface area contributed by atoms with Crippen molar-refractivity contribution in [2.45, 2.75) is 72.1 Å². The molecule has 2 unspecified atom stereocenters. The second-order valence-electron chi connectivity index (χ2n) is 9.55. The minimum absolute atomic E-state index is 0.0737. The third-order valence-electron chi connectivity index (χ3n) is 7.36. The second-order valence-corrected chi connectivity index (χ2v) is 9.55. The van der Waals surface area contributed by atoms with Crippen LogP contribution in [-0.2, 0) is 9.59 Å². The number of piperidine rings is 1. The van der Waals surface area contributed by atoms with E-state index >= 15 is 0 Å². The number of nitrogens with one attached hydrogen (secondary N) is 1. The van der Waals surface area contributed by atoms with E-state index in [1.54, 1.807) is 0 Å². The molecule has 3 rings (SSSR count). The maximum absolute atomic E-state index is 13.0. The summed E-state index contributed by atoms with van der Waals surface area (Å²) >= 11 is 0. The van der Waals surface area contributed by atoms with Gasteiger partial charge in [-0.05, 0) is 50.7 Å². The summed E-state index contributed by atoms with van der Waals surface area (Å²) < 4.78 is 0.748. The van der Waals surface area contributed by atoms with E-state index in [0.29, 0.717) is 18.2 Å². The third kappa shape index (κ3) is 5.69. The van der Waals surface area contributed by atoms with E-state index in [1.807, 2.05) is 32.0 Å². The van der Waals surface area contributed by atoms with E-state index < -0.39 is 0 Å². The predicted octanol–water partition coefficient (Wildman–Crippen LogP) is 5.03. The summed E-state index contributed by atoms with van der Waals surface area (Å²) in [6, 6.07) is 6.09. The molecule has 2 fully saturated rings. The molecule has 2 atom stereocenters. The predicted molar refractivity (Wildman–Crippen MR) is 119 cm³/mol. The Hall–Kier alpha value is -1.68. The van der Waals surface area contributed by atoms with Gasteiger partial charge < -0.3 is 9.80 Å². The maximum Gasteiger partial charge on any atom is 0.279 e. The Labute approximate surface area is 176 Å². The average Bonchev–Trinajstić information content (AvgIpc) is 2.72. The summed E-state index contributed by atoms with van der Waals surface area (Å²) in [4.78, 5) is 26.0. The Balaban J connectivity index is 1.61. The highest BCUT2D eigenvalue weighted by atomic mass is 16.2. The molecule has 4 heteroatoms. The van der Waals surface area contributed by atoms with Crippen LogP contribution in [0.3, 0.4) is 0 Å². The van der Waals surface area contributed by atoms with E-state index in [2.05, 4.69) is 12.2 Å². The van der Waals surface area contributed by atoms with Crippen molar-refractivity contribution >= 4 is 17.4 Å². The van der Waals surface area contributed by atoms with Gasteiger partial charge in [0.05, 0.1) is 25.6 Å². The van der Waals surface area contributed by atoms with Crippen molar-refractivity contribution < 1.29 is 14.1 Å². The van der Waals surface area contributed by atoms with Crippen LogP contribution in [0, 0.1) is 25.7 Å². The minimum atomic E-state index is 0.0737. The monoisotopic (exact) mass is 399 g/mol. The molecule has 1 saturated carbocycles. The second kappa shape index (κ2) is 9.88. The van der Waals surface area contributed by atoms with Crippen LogP contribution in [0.2, 0.25) is 0 Å². The highest BCUT2D eigenvalue weighted by Gasteiger charge is 2.39. The number of hydrogen-bond acceptors (Lipinski definition) is 2. The number of Topliss-reactive ketones (excluding diaryl/α,β-unsaturated/α-hetero) is 1. The summed E-state index contributed by atoms with van der Waals surface area (Å²) in [6.45, 7) is 9.46. The van der Waals surface area contributed by atoms with Crippen molar-refractivity contribution in [2.24, 2.45) is 11.8 Å². The number of hydrogen-bond donors (Lipinski definition) is 1. The molecule has 1 heterocycles. The first-order chi connectivity index (χ1) is 13.9. The fraction of sp³-hybridized carbons (Fsp3) is 0.680. The normalized spacial score (nSPS) is 25.6. The molecule has 1 aliphatic carbocycles. The molecule has 1 aromatic rings.